The van der Waals surface area contributed by atoms with Gasteiger partial charge in [-0.3, -0.25) is 9.59 Å². The van der Waals surface area contributed by atoms with E-state index in [-0.39, 0.29) is 22.4 Å². The van der Waals surface area contributed by atoms with Crippen LogP contribution in [0.2, 0.25) is 0 Å². The number of hydrogen-bond acceptors (Lipinski definition) is 4. The highest BCUT2D eigenvalue weighted by Crippen LogP contribution is 2.26. The number of carbonyl (C=O) groups is 2. The summed E-state index contributed by atoms with van der Waals surface area (Å²) < 4.78 is 40.9. The number of benzene rings is 3. The Bertz CT molecular complexity index is 1270. The van der Waals surface area contributed by atoms with Crippen molar-refractivity contribution in [2.45, 2.75) is 31.6 Å². The van der Waals surface area contributed by atoms with Gasteiger partial charge in [-0.1, -0.05) is 26.0 Å². The van der Waals surface area contributed by atoms with E-state index in [1.54, 1.807) is 13.0 Å². The molecule has 32 heavy (non-hydrogen) atoms. The summed E-state index contributed by atoms with van der Waals surface area (Å²) in [4.78, 5) is 24.5. The number of fused-ring (bicyclic) bond motifs is 1. The third kappa shape index (κ3) is 4.87. The van der Waals surface area contributed by atoms with Crippen molar-refractivity contribution in [3.05, 3.63) is 77.1 Å². The highest BCUT2D eigenvalue weighted by Gasteiger charge is 2.23. The van der Waals surface area contributed by atoms with Crippen LogP contribution in [0.4, 0.5) is 4.39 Å². The van der Waals surface area contributed by atoms with E-state index in [1.807, 2.05) is 6.92 Å². The number of carboxylic acid groups (broad SMARTS) is 1. The summed E-state index contributed by atoms with van der Waals surface area (Å²) in [7, 11) is -3.67. The predicted octanol–water partition coefficient (Wildman–Crippen LogP) is 4.26. The highest BCUT2D eigenvalue weighted by atomic mass is 32.2. The minimum atomic E-state index is -3.67. The first-order valence-electron chi connectivity index (χ1n) is 10.3. The number of nitrogens with zero attached hydrogens (tertiary/aromatic N) is 1. The fraction of sp³-hybridized carbons (Fsp3) is 0.250. The molecule has 0 atom stereocenters. The van der Waals surface area contributed by atoms with Crippen LogP contribution >= 0.6 is 0 Å². The second kappa shape index (κ2) is 9.58. The van der Waals surface area contributed by atoms with Crippen molar-refractivity contribution in [3.63, 3.8) is 0 Å². The van der Waals surface area contributed by atoms with Gasteiger partial charge in [0.2, 0.25) is 10.0 Å². The van der Waals surface area contributed by atoms with E-state index in [0.717, 1.165) is 0 Å². The van der Waals surface area contributed by atoms with Gasteiger partial charge in [-0.15, -0.1) is 0 Å². The molecule has 3 aromatic carbocycles. The van der Waals surface area contributed by atoms with Crippen LogP contribution in [-0.2, 0) is 21.2 Å². The lowest BCUT2D eigenvalue weighted by Crippen LogP contribution is -2.31. The molecule has 0 radical (unpaired) electrons. The zero-order chi connectivity index (χ0) is 23.5. The first-order valence-corrected chi connectivity index (χ1v) is 11.7. The molecule has 0 saturated heterocycles. The van der Waals surface area contributed by atoms with Crippen LogP contribution in [0, 0.1) is 5.82 Å². The van der Waals surface area contributed by atoms with Crippen LogP contribution in [0.1, 0.15) is 41.8 Å². The summed E-state index contributed by atoms with van der Waals surface area (Å²) in [5.41, 5.74) is 0.799. The van der Waals surface area contributed by atoms with Crippen LogP contribution in [0.3, 0.4) is 0 Å². The molecule has 1 N–H and O–H groups in total. The summed E-state index contributed by atoms with van der Waals surface area (Å²) in [5.74, 6) is -2.01. The number of ketones is 1. The van der Waals surface area contributed by atoms with Crippen molar-refractivity contribution < 1.29 is 27.5 Å². The molecule has 0 aliphatic carbocycles. The molecule has 8 heteroatoms. The van der Waals surface area contributed by atoms with E-state index in [2.05, 4.69) is 0 Å². The Morgan fingerprint density at radius 3 is 2.28 bits per heavy atom. The van der Waals surface area contributed by atoms with Crippen LogP contribution in [0.5, 0.6) is 0 Å². The molecule has 0 bridgehead atoms. The molecule has 3 aromatic rings. The summed E-state index contributed by atoms with van der Waals surface area (Å²) >= 11 is 0. The van der Waals surface area contributed by atoms with Gasteiger partial charge in [-0.05, 0) is 65.2 Å². The Kier molecular flexibility index (Phi) is 7.06. The molecule has 168 valence electrons. The lowest BCUT2D eigenvalue weighted by atomic mass is 9.94. The number of halogens is 1. The number of carbonyl (C=O) groups excluding carboxylic acids is 1. The topological polar surface area (TPSA) is 91.8 Å². The average molecular weight is 458 g/mol. The van der Waals surface area contributed by atoms with Crippen molar-refractivity contribution in [2.24, 2.45) is 0 Å². The minimum Gasteiger partial charge on any atom is -0.481 e. The molecule has 0 spiro atoms. The van der Waals surface area contributed by atoms with E-state index in [1.165, 1.54) is 52.8 Å². The predicted molar refractivity (Wildman–Crippen MR) is 120 cm³/mol. The second-order valence-corrected chi connectivity index (χ2v) is 9.37. The Labute approximate surface area is 186 Å². The third-order valence-electron chi connectivity index (χ3n) is 5.16. The summed E-state index contributed by atoms with van der Waals surface area (Å²) in [6.45, 7) is 4.39. The van der Waals surface area contributed by atoms with Crippen molar-refractivity contribution in [3.8, 4) is 0 Å². The maximum absolute atomic E-state index is 13.9. The molecule has 0 unspecified atom stereocenters. The number of hydrogen-bond donors (Lipinski definition) is 1. The number of carboxylic acids is 1. The Morgan fingerprint density at radius 2 is 1.69 bits per heavy atom. The molecule has 6 nitrogen and oxygen atoms in total. The second-order valence-electron chi connectivity index (χ2n) is 7.43. The first kappa shape index (κ1) is 23.6. The SMILES string of the molecule is CCCN(CC)S(=O)(=O)c1ccc(C(=O)c2cc(CC(=O)O)cc3ccc(F)cc23)cc1. The Hall–Kier alpha value is -3.10. The largest absolute Gasteiger partial charge is 0.481 e. The van der Waals surface area contributed by atoms with Crippen LogP contribution in [0.15, 0.2) is 59.5 Å². The normalized spacial score (nSPS) is 11.8. The van der Waals surface area contributed by atoms with Gasteiger partial charge < -0.3 is 5.11 Å². The van der Waals surface area contributed by atoms with Crippen LogP contribution in [0.25, 0.3) is 10.8 Å². The van der Waals surface area contributed by atoms with Gasteiger partial charge in [0.1, 0.15) is 5.82 Å². The Morgan fingerprint density at radius 1 is 1.00 bits per heavy atom. The van der Waals surface area contributed by atoms with Crippen molar-refractivity contribution in [1.82, 2.24) is 4.31 Å². The Balaban J connectivity index is 2.04. The van der Waals surface area contributed by atoms with Gasteiger partial charge in [0, 0.05) is 24.2 Å². The van der Waals surface area contributed by atoms with Gasteiger partial charge in [0.05, 0.1) is 11.3 Å². The van der Waals surface area contributed by atoms with Gasteiger partial charge in [-0.2, -0.15) is 4.31 Å². The quantitative estimate of drug-likeness (QED) is 0.485. The molecule has 0 saturated carbocycles. The minimum absolute atomic E-state index is 0.0832. The molecular formula is C24H24FNO5S. The fourth-order valence-electron chi connectivity index (χ4n) is 3.64. The zero-order valence-corrected chi connectivity index (χ0v) is 18.7. The molecule has 0 amide bonds. The van der Waals surface area contributed by atoms with Crippen molar-refractivity contribution in [1.29, 1.82) is 0 Å². The summed E-state index contributed by atoms with van der Waals surface area (Å²) in [5, 5.41) is 10.0. The van der Waals surface area contributed by atoms with E-state index in [0.29, 0.717) is 35.8 Å². The molecule has 0 heterocycles. The number of aliphatic carboxylic acids is 1. The molecule has 0 fully saturated rings. The fourth-order valence-corrected chi connectivity index (χ4v) is 5.18. The average Bonchev–Trinajstić information content (AvgIpc) is 2.76. The lowest BCUT2D eigenvalue weighted by molar-refractivity contribution is -0.136. The maximum Gasteiger partial charge on any atom is 0.307 e. The summed E-state index contributed by atoms with van der Waals surface area (Å²) in [6, 6.07) is 12.6. The number of sulfonamides is 1. The van der Waals surface area contributed by atoms with Gasteiger partial charge >= 0.3 is 5.97 Å². The van der Waals surface area contributed by atoms with Crippen LogP contribution in [-0.4, -0.2) is 42.7 Å². The van der Waals surface area contributed by atoms with Crippen molar-refractivity contribution in [2.75, 3.05) is 13.1 Å². The monoisotopic (exact) mass is 457 g/mol. The van der Waals surface area contributed by atoms with Crippen LogP contribution < -0.4 is 0 Å². The number of rotatable bonds is 9. The standard InChI is InChI=1S/C24H24FNO5S/c1-3-11-26(4-2)32(30,31)20-9-6-17(7-10-20)24(29)22-13-16(14-23(27)28)12-18-5-8-19(25)15-21(18)22/h5-10,12-13,15H,3-4,11,14H2,1-2H3,(H,27,28). The van der Waals surface area contributed by atoms with E-state index in [4.69, 9.17) is 5.11 Å². The smallest absolute Gasteiger partial charge is 0.307 e. The molecule has 0 aromatic heterocycles. The van der Waals surface area contributed by atoms with E-state index in [9.17, 15) is 22.4 Å². The van der Waals surface area contributed by atoms with E-state index < -0.39 is 27.6 Å². The zero-order valence-electron chi connectivity index (χ0n) is 17.8. The maximum atomic E-state index is 13.9. The lowest BCUT2D eigenvalue weighted by Gasteiger charge is -2.19. The molecular weight excluding hydrogens is 433 g/mol. The van der Waals surface area contributed by atoms with E-state index >= 15 is 0 Å². The highest BCUT2D eigenvalue weighted by molar-refractivity contribution is 7.89. The molecule has 3 rings (SSSR count). The van der Waals surface area contributed by atoms with Gasteiger partial charge in [-0.25, -0.2) is 12.8 Å². The third-order valence-corrected chi connectivity index (χ3v) is 7.14. The van der Waals surface area contributed by atoms with Gasteiger partial charge in [0.15, 0.2) is 5.78 Å². The molecule has 0 aliphatic heterocycles. The molecule has 0 aliphatic rings. The van der Waals surface area contributed by atoms with Gasteiger partial charge in [0.25, 0.3) is 0 Å². The summed E-state index contributed by atoms with van der Waals surface area (Å²) in [6.07, 6.45) is 0.398. The van der Waals surface area contributed by atoms with Crippen molar-refractivity contribution >= 4 is 32.5 Å². The first-order chi connectivity index (χ1) is 15.2.